The van der Waals surface area contributed by atoms with E-state index >= 15 is 0 Å². The zero-order valence-corrected chi connectivity index (χ0v) is 49.1. The highest BCUT2D eigenvalue weighted by molar-refractivity contribution is 5.76. The van der Waals surface area contributed by atoms with E-state index in [9.17, 15) is 19.8 Å². The number of ether oxygens (including phenoxy) is 1. The number of aliphatic hydroxyl groups is 2. The molecule has 0 aliphatic carbocycles. The van der Waals surface area contributed by atoms with Crippen molar-refractivity contribution >= 4 is 11.9 Å². The molecule has 0 bridgehead atoms. The first kappa shape index (κ1) is 71.1. The van der Waals surface area contributed by atoms with Crippen molar-refractivity contribution in [2.75, 3.05) is 13.2 Å². The Morgan fingerprint density at radius 1 is 0.370 bits per heavy atom. The third-order valence-corrected chi connectivity index (χ3v) is 15.1. The maximum absolute atomic E-state index is 12.5. The Morgan fingerprint density at radius 3 is 0.973 bits per heavy atom. The molecule has 6 heteroatoms. The lowest BCUT2D eigenvalue weighted by Crippen LogP contribution is -2.45. The number of esters is 1. The van der Waals surface area contributed by atoms with Gasteiger partial charge in [0.1, 0.15) is 0 Å². The first-order valence-corrected chi connectivity index (χ1v) is 32.8. The summed E-state index contributed by atoms with van der Waals surface area (Å²) in [4.78, 5) is 24.6. The lowest BCUT2D eigenvalue weighted by atomic mass is 10.0. The van der Waals surface area contributed by atoms with Gasteiger partial charge in [0.25, 0.3) is 0 Å². The van der Waals surface area contributed by atoms with E-state index in [-0.39, 0.29) is 18.5 Å². The number of carbonyl (C=O) groups is 2. The molecular weight excluding hydrogens is 899 g/mol. The van der Waals surface area contributed by atoms with E-state index in [1.165, 1.54) is 263 Å². The monoisotopic (exact) mass is 1030 g/mol. The molecule has 0 spiro atoms. The smallest absolute Gasteiger partial charge is 0.305 e. The van der Waals surface area contributed by atoms with Crippen molar-refractivity contribution in [3.05, 3.63) is 36.5 Å². The molecule has 0 saturated heterocycles. The number of carbonyl (C=O) groups excluding carboxylic acids is 2. The summed E-state index contributed by atoms with van der Waals surface area (Å²) in [6, 6.07) is -0.642. The van der Waals surface area contributed by atoms with E-state index in [1.807, 2.05) is 6.08 Å². The summed E-state index contributed by atoms with van der Waals surface area (Å²) in [6.45, 7) is 4.90. The molecule has 6 nitrogen and oxygen atoms in total. The maximum atomic E-state index is 12.5. The second kappa shape index (κ2) is 62.6. The van der Waals surface area contributed by atoms with Gasteiger partial charge in [0.05, 0.1) is 25.4 Å². The Bertz CT molecular complexity index is 1180. The van der Waals surface area contributed by atoms with Crippen LogP contribution in [-0.4, -0.2) is 47.4 Å². The molecule has 430 valence electrons. The Balaban J connectivity index is 3.48. The standard InChI is InChI=1S/C67H127NO5/c1-3-5-7-9-11-13-15-17-19-21-23-24-25-26-27-31-35-39-43-47-51-55-59-65(70)64(63-69)68-66(71)60-56-52-48-44-40-36-32-29-30-34-38-42-46-50-54-58-62-73-67(72)61-57-53-49-45-41-37-33-28-22-20-18-16-14-12-10-8-6-4-2/h20,22,29,32,55,59,64-65,69-70H,3-19,21,23-28,30-31,33-54,56-58,60-63H2,1-2H3,(H,68,71)/b22-20-,32-29-,59-55+. The minimum atomic E-state index is -0.857. The first-order valence-electron chi connectivity index (χ1n) is 32.8. The van der Waals surface area contributed by atoms with Crippen LogP contribution in [0, 0.1) is 0 Å². The molecule has 0 aromatic rings. The highest BCUT2D eigenvalue weighted by Gasteiger charge is 2.18. The van der Waals surface area contributed by atoms with Crippen LogP contribution in [0.3, 0.4) is 0 Å². The maximum Gasteiger partial charge on any atom is 0.305 e. The SMILES string of the molecule is CCCCCCCCC/C=C\CCCCCCCCCC(=O)OCCCCCCCCC/C=C\CCCCCCCC(=O)NC(CO)C(O)/C=C/CCCCCCCCCCCCCCCCCCCCCC. The number of unbranched alkanes of at least 4 members (excludes halogenated alkanes) is 46. The molecule has 0 aliphatic heterocycles. The summed E-state index contributed by atoms with van der Waals surface area (Å²) >= 11 is 0. The van der Waals surface area contributed by atoms with Crippen LogP contribution in [0.5, 0.6) is 0 Å². The third kappa shape index (κ3) is 59.2. The van der Waals surface area contributed by atoms with E-state index in [2.05, 4.69) is 43.5 Å². The molecule has 0 heterocycles. The fraction of sp³-hybridized carbons (Fsp3) is 0.881. The molecule has 2 atom stereocenters. The molecule has 0 aliphatic rings. The highest BCUT2D eigenvalue weighted by atomic mass is 16.5. The number of hydrogen-bond donors (Lipinski definition) is 3. The van der Waals surface area contributed by atoms with Crippen molar-refractivity contribution in [2.24, 2.45) is 0 Å². The second-order valence-corrected chi connectivity index (χ2v) is 22.4. The number of allylic oxidation sites excluding steroid dienone is 5. The molecule has 0 aromatic carbocycles. The average molecular weight is 1030 g/mol. The van der Waals surface area contributed by atoms with Crippen LogP contribution in [0.15, 0.2) is 36.5 Å². The van der Waals surface area contributed by atoms with Crippen LogP contribution in [0.1, 0.15) is 354 Å². The number of hydrogen-bond acceptors (Lipinski definition) is 5. The normalized spacial score (nSPS) is 12.8. The molecule has 0 radical (unpaired) electrons. The minimum Gasteiger partial charge on any atom is -0.466 e. The Morgan fingerprint density at radius 2 is 0.644 bits per heavy atom. The summed E-state index contributed by atoms with van der Waals surface area (Å²) in [5, 5.41) is 23.2. The van der Waals surface area contributed by atoms with Crippen molar-refractivity contribution in [3.8, 4) is 0 Å². The fourth-order valence-electron chi connectivity index (χ4n) is 10.1. The van der Waals surface area contributed by atoms with E-state index in [1.54, 1.807) is 6.08 Å². The highest BCUT2D eigenvalue weighted by Crippen LogP contribution is 2.17. The van der Waals surface area contributed by atoms with Gasteiger partial charge in [-0.15, -0.1) is 0 Å². The summed E-state index contributed by atoms with van der Waals surface area (Å²) in [5.41, 5.74) is 0. The minimum absolute atomic E-state index is 0.00624. The molecule has 3 N–H and O–H groups in total. The Kier molecular flexibility index (Phi) is 61.0. The van der Waals surface area contributed by atoms with Gasteiger partial charge >= 0.3 is 5.97 Å². The molecule has 2 unspecified atom stereocenters. The lowest BCUT2D eigenvalue weighted by molar-refractivity contribution is -0.143. The van der Waals surface area contributed by atoms with Crippen molar-refractivity contribution in [1.82, 2.24) is 5.32 Å². The van der Waals surface area contributed by atoms with Crippen LogP contribution < -0.4 is 5.32 Å². The van der Waals surface area contributed by atoms with E-state index in [4.69, 9.17) is 4.74 Å². The number of nitrogens with one attached hydrogen (secondary N) is 1. The molecule has 73 heavy (non-hydrogen) atoms. The van der Waals surface area contributed by atoms with Crippen LogP contribution in [0.2, 0.25) is 0 Å². The van der Waals surface area contributed by atoms with Gasteiger partial charge in [-0.2, -0.15) is 0 Å². The Labute approximate surface area is 455 Å². The van der Waals surface area contributed by atoms with Gasteiger partial charge < -0.3 is 20.3 Å². The van der Waals surface area contributed by atoms with Gasteiger partial charge in [-0.05, 0) is 83.5 Å². The molecule has 0 fully saturated rings. The molecule has 0 saturated carbocycles. The van der Waals surface area contributed by atoms with E-state index in [0.29, 0.717) is 19.4 Å². The van der Waals surface area contributed by atoms with Gasteiger partial charge in [0.15, 0.2) is 0 Å². The molecule has 1 amide bonds. The predicted octanol–water partition coefficient (Wildman–Crippen LogP) is 20.8. The van der Waals surface area contributed by atoms with Crippen molar-refractivity contribution in [3.63, 3.8) is 0 Å². The van der Waals surface area contributed by atoms with Crippen molar-refractivity contribution in [1.29, 1.82) is 0 Å². The Hall–Kier alpha value is -1.92. The van der Waals surface area contributed by atoms with Gasteiger partial charge in [-0.25, -0.2) is 0 Å². The zero-order valence-electron chi connectivity index (χ0n) is 49.1. The van der Waals surface area contributed by atoms with Crippen LogP contribution in [0.4, 0.5) is 0 Å². The van der Waals surface area contributed by atoms with Gasteiger partial charge in [-0.1, -0.05) is 294 Å². The third-order valence-electron chi connectivity index (χ3n) is 15.1. The summed E-state index contributed by atoms with van der Waals surface area (Å²) in [5.74, 6) is -0.0885. The van der Waals surface area contributed by atoms with Crippen LogP contribution in [0.25, 0.3) is 0 Å². The van der Waals surface area contributed by atoms with Gasteiger partial charge in [-0.3, -0.25) is 9.59 Å². The van der Waals surface area contributed by atoms with Crippen molar-refractivity contribution < 1.29 is 24.5 Å². The topological polar surface area (TPSA) is 95.9 Å². The molecule has 0 rings (SSSR count). The molecular formula is C67H127NO5. The van der Waals surface area contributed by atoms with E-state index in [0.717, 1.165) is 64.2 Å². The molecule has 0 aromatic heterocycles. The lowest BCUT2D eigenvalue weighted by Gasteiger charge is -2.20. The van der Waals surface area contributed by atoms with Crippen LogP contribution in [-0.2, 0) is 14.3 Å². The van der Waals surface area contributed by atoms with Gasteiger partial charge in [0, 0.05) is 12.8 Å². The first-order chi connectivity index (χ1) is 36.0. The van der Waals surface area contributed by atoms with Crippen molar-refractivity contribution in [2.45, 2.75) is 366 Å². The van der Waals surface area contributed by atoms with E-state index < -0.39 is 12.1 Å². The number of rotatable bonds is 61. The number of aliphatic hydroxyl groups excluding tert-OH is 2. The van der Waals surface area contributed by atoms with Crippen LogP contribution >= 0.6 is 0 Å². The summed E-state index contributed by atoms with van der Waals surface area (Å²) in [6.07, 6.45) is 79.0. The second-order valence-electron chi connectivity index (χ2n) is 22.4. The predicted molar refractivity (Wildman–Crippen MR) is 319 cm³/mol. The quantitative estimate of drug-likeness (QED) is 0.0320. The number of amides is 1. The van der Waals surface area contributed by atoms with Gasteiger partial charge in [0.2, 0.25) is 5.91 Å². The summed E-state index contributed by atoms with van der Waals surface area (Å²) in [7, 11) is 0. The summed E-state index contributed by atoms with van der Waals surface area (Å²) < 4.78 is 5.49. The largest absolute Gasteiger partial charge is 0.466 e. The average Bonchev–Trinajstić information content (AvgIpc) is 3.39. The fourth-order valence-corrected chi connectivity index (χ4v) is 10.1. The zero-order chi connectivity index (χ0) is 52.9.